The highest BCUT2D eigenvalue weighted by Gasteiger charge is 2.27. The van der Waals surface area contributed by atoms with E-state index in [-0.39, 0.29) is 11.2 Å². The third kappa shape index (κ3) is 2.05. The second-order valence-electron chi connectivity index (χ2n) is 5.27. The number of halogens is 1. The number of carbonyl (C=O) groups is 1. The van der Waals surface area contributed by atoms with Crippen molar-refractivity contribution in [1.82, 2.24) is 0 Å². The molecule has 0 saturated heterocycles. The van der Waals surface area contributed by atoms with E-state index in [0.717, 1.165) is 22.6 Å². The zero-order valence-corrected chi connectivity index (χ0v) is 10.6. The van der Waals surface area contributed by atoms with Gasteiger partial charge in [0.2, 0.25) is 0 Å². The molecule has 0 spiro atoms. The molecule has 1 aliphatic rings. The quantitative estimate of drug-likeness (QED) is 0.721. The maximum absolute atomic E-state index is 12.1. The molecule has 0 radical (unpaired) electrons. The Hall–Kier alpha value is -1.08. The molecule has 1 aliphatic carbocycles. The predicted octanol–water partition coefficient (Wildman–Crippen LogP) is 3.89. The van der Waals surface area contributed by atoms with Crippen molar-refractivity contribution in [2.45, 2.75) is 27.2 Å². The number of benzene rings is 1. The molecule has 0 fully saturated rings. The number of ketones is 1. The summed E-state index contributed by atoms with van der Waals surface area (Å²) in [6, 6.07) is 5.79. The molecule has 0 saturated carbocycles. The van der Waals surface area contributed by atoms with Crippen molar-refractivity contribution in [3.8, 4) is 0 Å². The van der Waals surface area contributed by atoms with Gasteiger partial charge in [-0.2, -0.15) is 0 Å². The van der Waals surface area contributed by atoms with E-state index < -0.39 is 0 Å². The lowest BCUT2D eigenvalue weighted by molar-refractivity contribution is -0.122. The molecule has 0 unspecified atom stereocenters. The minimum atomic E-state index is -0.308. The van der Waals surface area contributed by atoms with Gasteiger partial charge in [0.25, 0.3) is 0 Å². The summed E-state index contributed by atoms with van der Waals surface area (Å²) in [6.45, 7) is 5.85. The molecule has 0 aromatic heterocycles. The number of rotatable bonds is 1. The summed E-state index contributed by atoms with van der Waals surface area (Å²) in [4.78, 5) is 12.1. The average molecular weight is 235 g/mol. The van der Waals surface area contributed by atoms with Crippen molar-refractivity contribution in [2.75, 3.05) is 0 Å². The molecule has 1 nitrogen and oxygen atoms in total. The average Bonchev–Trinajstić information content (AvgIpc) is 2.57. The topological polar surface area (TPSA) is 17.1 Å². The third-order valence-electron chi connectivity index (χ3n) is 2.79. The SMILES string of the molecule is CC(C)(C)C(=O)C1=Cc2cc(Cl)ccc2C1. The number of hydrogen-bond acceptors (Lipinski definition) is 1. The van der Waals surface area contributed by atoms with Gasteiger partial charge in [-0.05, 0) is 29.3 Å². The summed E-state index contributed by atoms with van der Waals surface area (Å²) in [5, 5.41) is 0.722. The van der Waals surface area contributed by atoms with Gasteiger partial charge in [-0.25, -0.2) is 0 Å². The maximum Gasteiger partial charge on any atom is 0.164 e. The van der Waals surface area contributed by atoms with Gasteiger partial charge in [0.1, 0.15) is 0 Å². The molecule has 2 rings (SSSR count). The normalized spacial score (nSPS) is 14.6. The van der Waals surface area contributed by atoms with Crippen molar-refractivity contribution in [2.24, 2.45) is 5.41 Å². The lowest BCUT2D eigenvalue weighted by Gasteiger charge is -2.16. The van der Waals surface area contributed by atoms with E-state index in [2.05, 4.69) is 0 Å². The first-order valence-corrected chi connectivity index (χ1v) is 5.79. The fourth-order valence-corrected chi connectivity index (χ4v) is 2.11. The van der Waals surface area contributed by atoms with Crippen molar-refractivity contribution in [3.05, 3.63) is 39.9 Å². The number of Topliss-reactive ketones (excluding diaryl/α,β-unsaturated/α-hetero) is 1. The second kappa shape index (κ2) is 3.74. The van der Waals surface area contributed by atoms with Crippen LogP contribution in [0.5, 0.6) is 0 Å². The van der Waals surface area contributed by atoms with Gasteiger partial charge >= 0.3 is 0 Å². The Bertz CT molecular complexity index is 478. The Morgan fingerprint density at radius 3 is 2.62 bits per heavy atom. The van der Waals surface area contributed by atoms with E-state index in [1.807, 2.05) is 45.0 Å². The van der Waals surface area contributed by atoms with Crippen LogP contribution in [0.4, 0.5) is 0 Å². The lowest BCUT2D eigenvalue weighted by Crippen LogP contribution is -2.21. The number of allylic oxidation sites excluding steroid dienone is 1. The van der Waals surface area contributed by atoms with Crippen molar-refractivity contribution < 1.29 is 4.79 Å². The zero-order chi connectivity index (χ0) is 11.9. The first kappa shape index (κ1) is 11.4. The molecule has 0 bridgehead atoms. The first-order valence-electron chi connectivity index (χ1n) is 5.42. The first-order chi connectivity index (χ1) is 7.38. The molecular formula is C14H15ClO. The molecular weight excluding hydrogens is 220 g/mol. The van der Waals surface area contributed by atoms with E-state index in [1.54, 1.807) is 0 Å². The molecule has 0 aliphatic heterocycles. The fourth-order valence-electron chi connectivity index (χ4n) is 1.93. The minimum absolute atomic E-state index is 0.222. The van der Waals surface area contributed by atoms with Gasteiger partial charge in [0.15, 0.2) is 5.78 Å². The van der Waals surface area contributed by atoms with Crippen LogP contribution in [0.25, 0.3) is 6.08 Å². The minimum Gasteiger partial charge on any atom is -0.294 e. The van der Waals surface area contributed by atoms with Crippen LogP contribution in [0.1, 0.15) is 31.9 Å². The van der Waals surface area contributed by atoms with Crippen LogP contribution in [0.3, 0.4) is 0 Å². The number of hydrogen-bond donors (Lipinski definition) is 0. The second-order valence-corrected chi connectivity index (χ2v) is 5.71. The van der Waals surface area contributed by atoms with E-state index in [0.29, 0.717) is 0 Å². The Morgan fingerprint density at radius 2 is 2.00 bits per heavy atom. The molecule has 2 heteroatoms. The number of carbonyl (C=O) groups excluding carboxylic acids is 1. The molecule has 0 amide bonds. The molecule has 16 heavy (non-hydrogen) atoms. The summed E-state index contributed by atoms with van der Waals surface area (Å²) in [5.74, 6) is 0.222. The summed E-state index contributed by atoms with van der Waals surface area (Å²) < 4.78 is 0. The van der Waals surface area contributed by atoms with Crippen LogP contribution in [-0.4, -0.2) is 5.78 Å². The zero-order valence-electron chi connectivity index (χ0n) is 9.80. The smallest absolute Gasteiger partial charge is 0.164 e. The van der Waals surface area contributed by atoms with Gasteiger partial charge in [-0.1, -0.05) is 38.4 Å². The van der Waals surface area contributed by atoms with Gasteiger partial charge in [0.05, 0.1) is 0 Å². The van der Waals surface area contributed by atoms with Crippen LogP contribution in [-0.2, 0) is 11.2 Å². The van der Waals surface area contributed by atoms with Crippen LogP contribution >= 0.6 is 11.6 Å². The predicted molar refractivity (Wildman–Crippen MR) is 67.6 cm³/mol. The molecule has 1 aromatic rings. The van der Waals surface area contributed by atoms with Gasteiger partial charge in [0, 0.05) is 22.4 Å². The van der Waals surface area contributed by atoms with Gasteiger partial charge in [-0.15, -0.1) is 0 Å². The van der Waals surface area contributed by atoms with E-state index >= 15 is 0 Å². The van der Waals surface area contributed by atoms with E-state index in [9.17, 15) is 4.79 Å². The van der Waals surface area contributed by atoms with E-state index in [4.69, 9.17) is 11.6 Å². The Balaban J connectivity index is 2.32. The molecule has 0 heterocycles. The van der Waals surface area contributed by atoms with E-state index in [1.165, 1.54) is 5.56 Å². The van der Waals surface area contributed by atoms with Crippen molar-refractivity contribution in [1.29, 1.82) is 0 Å². The summed E-state index contributed by atoms with van der Waals surface area (Å²) in [7, 11) is 0. The van der Waals surface area contributed by atoms with Crippen molar-refractivity contribution >= 4 is 23.5 Å². The molecule has 0 N–H and O–H groups in total. The number of fused-ring (bicyclic) bond motifs is 1. The summed E-state index contributed by atoms with van der Waals surface area (Å²) in [6.07, 6.45) is 2.71. The Labute approximate surface area is 101 Å². The highest BCUT2D eigenvalue weighted by atomic mass is 35.5. The summed E-state index contributed by atoms with van der Waals surface area (Å²) >= 11 is 5.93. The van der Waals surface area contributed by atoms with Gasteiger partial charge in [-0.3, -0.25) is 4.79 Å². The fraction of sp³-hybridized carbons (Fsp3) is 0.357. The van der Waals surface area contributed by atoms with Gasteiger partial charge < -0.3 is 0 Å². The Morgan fingerprint density at radius 1 is 1.31 bits per heavy atom. The van der Waals surface area contributed by atoms with Crippen LogP contribution in [0.2, 0.25) is 5.02 Å². The largest absolute Gasteiger partial charge is 0.294 e. The highest BCUT2D eigenvalue weighted by molar-refractivity contribution is 6.30. The third-order valence-corrected chi connectivity index (χ3v) is 3.03. The molecule has 0 atom stereocenters. The van der Waals surface area contributed by atoms with Crippen molar-refractivity contribution in [3.63, 3.8) is 0 Å². The lowest BCUT2D eigenvalue weighted by atomic mass is 9.86. The molecule has 84 valence electrons. The monoisotopic (exact) mass is 234 g/mol. The Kier molecular flexibility index (Phi) is 2.67. The maximum atomic E-state index is 12.1. The van der Waals surface area contributed by atoms with Crippen LogP contribution in [0.15, 0.2) is 23.8 Å². The van der Waals surface area contributed by atoms with Crippen LogP contribution in [0, 0.1) is 5.41 Å². The summed E-state index contributed by atoms with van der Waals surface area (Å²) in [5.41, 5.74) is 2.86. The van der Waals surface area contributed by atoms with Crippen LogP contribution < -0.4 is 0 Å². The molecule has 1 aromatic carbocycles. The highest BCUT2D eigenvalue weighted by Crippen LogP contribution is 2.31. The standard InChI is InChI=1S/C14H15ClO/c1-14(2,3)13(16)11-6-9-4-5-12(15)8-10(9)7-11/h4-5,7-8H,6H2,1-3H3.